The van der Waals surface area contributed by atoms with E-state index in [1.165, 1.54) is 19.3 Å². The van der Waals surface area contributed by atoms with Crippen LogP contribution in [0.15, 0.2) is 27.4 Å². The van der Waals surface area contributed by atoms with Crippen molar-refractivity contribution in [2.24, 2.45) is 0 Å². The molecule has 2 aromatic rings. The number of hydrogen-bond donors (Lipinski definition) is 0. The molecule has 20 heavy (non-hydrogen) atoms. The molecule has 2 rings (SSSR count). The van der Waals surface area contributed by atoms with Gasteiger partial charge in [0.15, 0.2) is 0 Å². The predicted octanol–water partition coefficient (Wildman–Crippen LogP) is 1.55. The molecule has 6 heteroatoms. The molecule has 0 N–H and O–H groups in total. The summed E-state index contributed by atoms with van der Waals surface area (Å²) in [5.74, 6) is -0.577. The van der Waals surface area contributed by atoms with Gasteiger partial charge in [-0.05, 0) is 24.6 Å². The lowest BCUT2D eigenvalue weighted by atomic mass is 10.1. The molecule has 0 spiro atoms. The second-order valence-electron chi connectivity index (χ2n) is 4.00. The van der Waals surface area contributed by atoms with E-state index in [0.29, 0.717) is 16.6 Å². The first-order valence-electron chi connectivity index (χ1n) is 5.67. The van der Waals surface area contributed by atoms with Gasteiger partial charge in [0.05, 0.1) is 29.6 Å². The van der Waals surface area contributed by atoms with Gasteiger partial charge in [-0.3, -0.25) is 0 Å². The van der Waals surface area contributed by atoms with Gasteiger partial charge in [-0.2, -0.15) is 5.26 Å². The molecular formula is C14H10N2O4. The fourth-order valence-corrected chi connectivity index (χ4v) is 1.71. The van der Waals surface area contributed by atoms with Gasteiger partial charge in [0.1, 0.15) is 0 Å². The number of methoxy groups -OCH3 is 1. The summed E-state index contributed by atoms with van der Waals surface area (Å²) in [7, 11) is 1.24. The molecule has 0 unspecified atom stereocenters. The Morgan fingerprint density at radius 2 is 2.25 bits per heavy atom. The summed E-state index contributed by atoms with van der Waals surface area (Å²) in [6.07, 6.45) is 2.36. The third kappa shape index (κ3) is 2.57. The third-order valence-electron chi connectivity index (χ3n) is 2.63. The van der Waals surface area contributed by atoms with Crippen molar-refractivity contribution in [3.05, 3.63) is 45.6 Å². The summed E-state index contributed by atoms with van der Waals surface area (Å²) in [5.41, 5.74) is 0.867. The molecule has 1 aromatic carbocycles. The standard InChI is InChI=1S/C14H10N2O4/c1-8-5-9(7-15)6-10-13(8)16-11(20-14(10)18)3-4-12(17)19-2/h3-6H,1-2H3/b4-3+. The molecule has 0 atom stereocenters. The molecule has 0 radical (unpaired) electrons. The van der Waals surface area contributed by atoms with E-state index in [1.54, 1.807) is 13.0 Å². The number of ether oxygens (including phenoxy) is 1. The minimum Gasteiger partial charge on any atom is -0.466 e. The van der Waals surface area contributed by atoms with Crippen molar-refractivity contribution in [1.29, 1.82) is 5.26 Å². The zero-order valence-corrected chi connectivity index (χ0v) is 10.8. The van der Waals surface area contributed by atoms with Crippen LogP contribution in [0.1, 0.15) is 17.0 Å². The maximum atomic E-state index is 11.9. The minimum atomic E-state index is -0.611. The van der Waals surface area contributed by atoms with E-state index in [2.05, 4.69) is 9.72 Å². The zero-order valence-electron chi connectivity index (χ0n) is 10.8. The van der Waals surface area contributed by atoms with E-state index in [0.717, 1.165) is 6.08 Å². The van der Waals surface area contributed by atoms with Gasteiger partial charge < -0.3 is 9.15 Å². The third-order valence-corrected chi connectivity index (χ3v) is 2.63. The van der Waals surface area contributed by atoms with Crippen LogP contribution in [0, 0.1) is 18.3 Å². The second-order valence-corrected chi connectivity index (χ2v) is 4.00. The molecule has 0 aliphatic carbocycles. The average Bonchev–Trinajstić information content (AvgIpc) is 2.45. The van der Waals surface area contributed by atoms with E-state index < -0.39 is 11.6 Å². The van der Waals surface area contributed by atoms with Gasteiger partial charge in [-0.25, -0.2) is 14.6 Å². The number of benzene rings is 1. The van der Waals surface area contributed by atoms with E-state index in [1.807, 2.05) is 6.07 Å². The largest absolute Gasteiger partial charge is 0.466 e. The van der Waals surface area contributed by atoms with Crippen molar-refractivity contribution >= 4 is 22.9 Å². The van der Waals surface area contributed by atoms with E-state index >= 15 is 0 Å². The predicted molar refractivity (Wildman–Crippen MR) is 70.8 cm³/mol. The molecule has 0 bridgehead atoms. The van der Waals surface area contributed by atoms with Crippen LogP contribution in [0.3, 0.4) is 0 Å². The van der Waals surface area contributed by atoms with E-state index in [9.17, 15) is 9.59 Å². The fourth-order valence-electron chi connectivity index (χ4n) is 1.71. The van der Waals surface area contributed by atoms with Crippen LogP contribution in [0.4, 0.5) is 0 Å². The number of rotatable bonds is 2. The van der Waals surface area contributed by atoms with Crippen molar-refractivity contribution in [2.75, 3.05) is 7.11 Å². The monoisotopic (exact) mass is 270 g/mol. The van der Waals surface area contributed by atoms with Crippen molar-refractivity contribution in [3.63, 3.8) is 0 Å². The molecule has 1 aromatic heterocycles. The van der Waals surface area contributed by atoms with E-state index in [4.69, 9.17) is 9.68 Å². The van der Waals surface area contributed by atoms with Gasteiger partial charge >= 0.3 is 11.6 Å². The maximum Gasteiger partial charge on any atom is 0.347 e. The van der Waals surface area contributed by atoms with Crippen LogP contribution in [0.2, 0.25) is 0 Å². The van der Waals surface area contributed by atoms with Crippen molar-refractivity contribution < 1.29 is 13.9 Å². The highest BCUT2D eigenvalue weighted by molar-refractivity contribution is 5.87. The minimum absolute atomic E-state index is 0.000655. The van der Waals surface area contributed by atoms with Crippen molar-refractivity contribution in [3.8, 4) is 6.07 Å². The number of nitriles is 1. The number of carbonyl (C=O) groups is 1. The first-order chi connectivity index (χ1) is 9.55. The molecule has 0 saturated heterocycles. The Kier molecular flexibility index (Phi) is 3.62. The summed E-state index contributed by atoms with van der Waals surface area (Å²) >= 11 is 0. The number of aryl methyl sites for hydroxylation is 1. The quantitative estimate of drug-likeness (QED) is 0.607. The topological polar surface area (TPSA) is 93.2 Å². The van der Waals surface area contributed by atoms with Crippen LogP contribution in [-0.4, -0.2) is 18.1 Å². The highest BCUT2D eigenvalue weighted by atomic mass is 16.5. The molecule has 0 amide bonds. The summed E-state index contributed by atoms with van der Waals surface area (Å²) in [6.45, 7) is 1.74. The van der Waals surface area contributed by atoms with Crippen LogP contribution < -0.4 is 5.63 Å². The van der Waals surface area contributed by atoms with Gasteiger partial charge in [0.2, 0.25) is 5.89 Å². The molecule has 6 nitrogen and oxygen atoms in total. The zero-order chi connectivity index (χ0) is 14.7. The Labute approximate surface area is 113 Å². The maximum absolute atomic E-state index is 11.9. The van der Waals surface area contributed by atoms with Crippen LogP contribution in [0.5, 0.6) is 0 Å². The molecule has 1 heterocycles. The molecule has 100 valence electrons. The molecule has 0 aliphatic rings. The van der Waals surface area contributed by atoms with Crippen LogP contribution in [0.25, 0.3) is 17.0 Å². The first-order valence-corrected chi connectivity index (χ1v) is 5.67. The SMILES string of the molecule is COC(=O)/C=C/c1nc2c(C)cc(C#N)cc2c(=O)o1. The first kappa shape index (κ1) is 13.5. The normalized spacial score (nSPS) is 10.7. The highest BCUT2D eigenvalue weighted by Crippen LogP contribution is 2.16. The van der Waals surface area contributed by atoms with Gasteiger partial charge in [-0.1, -0.05) is 0 Å². The Morgan fingerprint density at radius 3 is 2.90 bits per heavy atom. The summed E-state index contributed by atoms with van der Waals surface area (Å²) in [4.78, 5) is 27.0. The number of hydrogen-bond acceptors (Lipinski definition) is 6. The van der Waals surface area contributed by atoms with Gasteiger partial charge in [0, 0.05) is 12.2 Å². The smallest absolute Gasteiger partial charge is 0.347 e. The number of carbonyl (C=O) groups excluding carboxylic acids is 1. The Bertz CT molecular complexity index is 812. The van der Waals surface area contributed by atoms with Crippen molar-refractivity contribution in [1.82, 2.24) is 4.98 Å². The number of nitrogens with zero attached hydrogens (tertiary/aromatic N) is 2. The molecular weight excluding hydrogens is 260 g/mol. The average molecular weight is 270 g/mol. The Hall–Kier alpha value is -2.94. The summed E-state index contributed by atoms with van der Waals surface area (Å²) in [5, 5.41) is 9.11. The van der Waals surface area contributed by atoms with Crippen molar-refractivity contribution in [2.45, 2.75) is 6.92 Å². The van der Waals surface area contributed by atoms with Crippen LogP contribution in [-0.2, 0) is 9.53 Å². The second kappa shape index (κ2) is 5.36. The highest BCUT2D eigenvalue weighted by Gasteiger charge is 2.09. The fraction of sp³-hybridized carbons (Fsp3) is 0.143. The van der Waals surface area contributed by atoms with Gasteiger partial charge in [0.25, 0.3) is 0 Å². The van der Waals surface area contributed by atoms with Gasteiger partial charge in [-0.15, -0.1) is 0 Å². The Morgan fingerprint density at radius 1 is 1.50 bits per heavy atom. The summed E-state index contributed by atoms with van der Waals surface area (Å²) < 4.78 is 9.40. The van der Waals surface area contributed by atoms with E-state index in [-0.39, 0.29) is 11.3 Å². The Balaban J connectivity index is 2.62. The molecule has 0 fully saturated rings. The number of aromatic nitrogens is 1. The lowest BCUT2D eigenvalue weighted by molar-refractivity contribution is -0.134. The number of esters is 1. The molecule has 0 aliphatic heterocycles. The molecule has 0 saturated carbocycles. The number of fused-ring (bicyclic) bond motifs is 1. The van der Waals surface area contributed by atoms with Crippen LogP contribution >= 0.6 is 0 Å². The summed E-state index contributed by atoms with van der Waals surface area (Å²) in [6, 6.07) is 5.02. The lowest BCUT2D eigenvalue weighted by Gasteiger charge is -2.02. The lowest BCUT2D eigenvalue weighted by Crippen LogP contribution is -2.05.